The van der Waals surface area contributed by atoms with E-state index in [0.717, 1.165) is 0 Å². The summed E-state index contributed by atoms with van der Waals surface area (Å²) in [7, 11) is 1.56. The third-order valence-electron chi connectivity index (χ3n) is 4.24. The summed E-state index contributed by atoms with van der Waals surface area (Å²) in [6, 6.07) is -1.000. The maximum Gasteiger partial charge on any atom is 0.326 e. The van der Waals surface area contributed by atoms with Crippen molar-refractivity contribution in [2.45, 2.75) is 51.5 Å². The second kappa shape index (κ2) is 20.8. The fourth-order valence-corrected chi connectivity index (χ4v) is 2.48. The number of Topliss-reactive ketones (excluding diaryl/α,β-unsaturated/α-hetero) is 1. The quantitative estimate of drug-likeness (QED) is 0.193. The van der Waals surface area contributed by atoms with Crippen molar-refractivity contribution in [3.63, 3.8) is 0 Å². The molecule has 0 spiro atoms. The van der Waals surface area contributed by atoms with Crippen LogP contribution in [0.15, 0.2) is 0 Å². The molecule has 0 fully saturated rings. The predicted octanol–water partition coefficient (Wildman–Crippen LogP) is 0.298. The molecule has 0 aliphatic rings. The summed E-state index contributed by atoms with van der Waals surface area (Å²) in [5.41, 5.74) is 0. The van der Waals surface area contributed by atoms with E-state index in [1.165, 1.54) is 0 Å². The van der Waals surface area contributed by atoms with Crippen LogP contribution in [0.3, 0.4) is 0 Å². The molecule has 0 aromatic heterocycles. The molecule has 1 atom stereocenters. The van der Waals surface area contributed by atoms with Gasteiger partial charge in [-0.15, -0.1) is 0 Å². The molecule has 0 aliphatic carbocycles. The zero-order chi connectivity index (χ0) is 24.0. The molecule has 0 heterocycles. The summed E-state index contributed by atoms with van der Waals surface area (Å²) in [5, 5.41) is 14.4. The minimum Gasteiger partial charge on any atom is -0.480 e. The van der Waals surface area contributed by atoms with Crippen LogP contribution in [0, 0.1) is 0 Å². The molecule has 0 saturated carbocycles. The highest BCUT2D eigenvalue weighted by molar-refractivity contribution is 5.84. The molecule has 11 nitrogen and oxygen atoms in total. The van der Waals surface area contributed by atoms with E-state index in [0.29, 0.717) is 58.5 Å². The number of aliphatic carboxylic acids is 1. The van der Waals surface area contributed by atoms with Crippen molar-refractivity contribution in [2.24, 2.45) is 0 Å². The lowest BCUT2D eigenvalue weighted by molar-refractivity contribution is -0.142. The summed E-state index contributed by atoms with van der Waals surface area (Å²) in [6.07, 6.45) is 2.78. The van der Waals surface area contributed by atoms with Crippen molar-refractivity contribution in [3.05, 3.63) is 0 Å². The molecular weight excluding hydrogens is 424 g/mol. The first-order chi connectivity index (χ1) is 15.4. The lowest BCUT2D eigenvalue weighted by Crippen LogP contribution is -2.42. The van der Waals surface area contributed by atoms with E-state index in [1.807, 2.05) is 0 Å². The number of rotatable bonds is 22. The molecule has 0 rings (SSSR count). The molecule has 0 aliphatic heterocycles. The Hall–Kier alpha value is -2.08. The number of amides is 2. The highest BCUT2D eigenvalue weighted by atomic mass is 16.5. The Bertz CT molecular complexity index is 543. The Kier molecular flexibility index (Phi) is 19.5. The third kappa shape index (κ3) is 18.7. The second-order valence-electron chi connectivity index (χ2n) is 7.01. The van der Waals surface area contributed by atoms with E-state index < -0.39 is 17.9 Å². The molecule has 186 valence electrons. The molecule has 2 amide bonds. The largest absolute Gasteiger partial charge is 0.480 e. The van der Waals surface area contributed by atoms with Gasteiger partial charge >= 0.3 is 5.97 Å². The fourth-order valence-electron chi connectivity index (χ4n) is 2.48. The number of carbonyl (C=O) groups is 4. The van der Waals surface area contributed by atoms with E-state index in [-0.39, 0.29) is 44.5 Å². The number of methoxy groups -OCH3 is 1. The van der Waals surface area contributed by atoms with Crippen molar-refractivity contribution in [1.29, 1.82) is 0 Å². The predicted molar refractivity (Wildman–Crippen MR) is 115 cm³/mol. The first-order valence-corrected chi connectivity index (χ1v) is 10.9. The van der Waals surface area contributed by atoms with Gasteiger partial charge in [0.05, 0.1) is 26.4 Å². The standard InChI is InChI=1S/C21H38N2O9/c1-3-19(25)22-9-5-4-8-18(21(27)28)23-20(26)16-32-14-13-30-10-6-7-17(24)15-31-12-11-29-2/h18H,3-16H2,1-2H3,(H,22,25)(H,23,26)(H,27,28). The van der Waals surface area contributed by atoms with Gasteiger partial charge in [0.2, 0.25) is 11.8 Å². The zero-order valence-electron chi connectivity index (χ0n) is 19.2. The Morgan fingerprint density at radius 1 is 0.844 bits per heavy atom. The van der Waals surface area contributed by atoms with Crippen LogP contribution in [0.2, 0.25) is 0 Å². The average molecular weight is 463 g/mol. The number of carboxylic acid groups (broad SMARTS) is 1. The van der Waals surface area contributed by atoms with Gasteiger partial charge in [-0.3, -0.25) is 14.4 Å². The van der Waals surface area contributed by atoms with Crippen LogP contribution >= 0.6 is 0 Å². The highest BCUT2D eigenvalue weighted by Gasteiger charge is 2.19. The number of carbonyl (C=O) groups excluding carboxylic acids is 3. The molecule has 0 saturated heterocycles. The number of hydrogen-bond acceptors (Lipinski definition) is 8. The van der Waals surface area contributed by atoms with E-state index >= 15 is 0 Å². The first-order valence-electron chi connectivity index (χ1n) is 10.9. The van der Waals surface area contributed by atoms with Crippen LogP contribution in [0.25, 0.3) is 0 Å². The number of nitrogens with one attached hydrogen (secondary N) is 2. The number of unbranched alkanes of at least 4 members (excludes halogenated alkanes) is 1. The third-order valence-corrected chi connectivity index (χ3v) is 4.24. The van der Waals surface area contributed by atoms with Gasteiger partial charge in [0.15, 0.2) is 5.78 Å². The van der Waals surface area contributed by atoms with E-state index in [4.69, 9.17) is 18.9 Å². The number of ketones is 1. The van der Waals surface area contributed by atoms with E-state index in [9.17, 15) is 24.3 Å². The molecular formula is C21H38N2O9. The molecule has 32 heavy (non-hydrogen) atoms. The minimum absolute atomic E-state index is 0.00341. The normalized spacial score (nSPS) is 11.7. The highest BCUT2D eigenvalue weighted by Crippen LogP contribution is 2.01. The Labute approximate surface area is 189 Å². The Morgan fingerprint density at radius 2 is 1.53 bits per heavy atom. The Morgan fingerprint density at radius 3 is 2.22 bits per heavy atom. The molecule has 0 radical (unpaired) electrons. The average Bonchev–Trinajstić information content (AvgIpc) is 2.77. The maximum absolute atomic E-state index is 11.9. The lowest BCUT2D eigenvalue weighted by Gasteiger charge is -2.14. The smallest absolute Gasteiger partial charge is 0.326 e. The first kappa shape index (κ1) is 29.9. The van der Waals surface area contributed by atoms with Crippen LogP contribution in [-0.2, 0) is 38.1 Å². The number of ether oxygens (including phenoxy) is 4. The van der Waals surface area contributed by atoms with E-state index in [1.54, 1.807) is 14.0 Å². The summed E-state index contributed by atoms with van der Waals surface area (Å²) < 4.78 is 20.5. The van der Waals surface area contributed by atoms with Crippen LogP contribution < -0.4 is 10.6 Å². The Balaban J connectivity index is 3.71. The SMILES string of the molecule is CCC(=O)NCCCCC(NC(=O)COCCOCCCC(=O)COCCOC)C(=O)O. The van der Waals surface area contributed by atoms with Crippen molar-refractivity contribution in [3.8, 4) is 0 Å². The molecule has 0 bridgehead atoms. The van der Waals surface area contributed by atoms with Gasteiger partial charge < -0.3 is 34.7 Å². The second-order valence-corrected chi connectivity index (χ2v) is 7.01. The molecule has 0 aromatic rings. The molecule has 0 aromatic carbocycles. The van der Waals surface area contributed by atoms with Crippen LogP contribution in [-0.4, -0.2) is 94.6 Å². The van der Waals surface area contributed by atoms with Crippen LogP contribution in [0.1, 0.15) is 45.4 Å². The van der Waals surface area contributed by atoms with Gasteiger partial charge in [-0.25, -0.2) is 4.79 Å². The number of hydrogen-bond donors (Lipinski definition) is 3. The molecule has 1 unspecified atom stereocenters. The summed E-state index contributed by atoms with van der Waals surface area (Å²) in [5.74, 6) is -1.68. The van der Waals surface area contributed by atoms with Crippen molar-refractivity contribution in [2.75, 3.05) is 59.9 Å². The van der Waals surface area contributed by atoms with Gasteiger partial charge in [-0.1, -0.05) is 6.92 Å². The summed E-state index contributed by atoms with van der Waals surface area (Å²) in [4.78, 5) is 45.8. The summed E-state index contributed by atoms with van der Waals surface area (Å²) >= 11 is 0. The van der Waals surface area contributed by atoms with Crippen LogP contribution in [0.4, 0.5) is 0 Å². The fraction of sp³-hybridized carbons (Fsp3) is 0.810. The number of carboxylic acids is 1. The topological polar surface area (TPSA) is 149 Å². The van der Waals surface area contributed by atoms with Gasteiger partial charge in [0.1, 0.15) is 19.3 Å². The van der Waals surface area contributed by atoms with Crippen molar-refractivity contribution in [1.82, 2.24) is 10.6 Å². The maximum atomic E-state index is 11.9. The van der Waals surface area contributed by atoms with E-state index in [2.05, 4.69) is 10.6 Å². The monoisotopic (exact) mass is 462 g/mol. The minimum atomic E-state index is -1.11. The summed E-state index contributed by atoms with van der Waals surface area (Å²) in [6.45, 7) is 3.69. The van der Waals surface area contributed by atoms with Gasteiger partial charge in [-0.2, -0.15) is 0 Å². The van der Waals surface area contributed by atoms with Gasteiger partial charge in [0.25, 0.3) is 0 Å². The van der Waals surface area contributed by atoms with Crippen LogP contribution in [0.5, 0.6) is 0 Å². The lowest BCUT2D eigenvalue weighted by atomic mass is 10.1. The van der Waals surface area contributed by atoms with Gasteiger partial charge in [0, 0.05) is 33.1 Å². The van der Waals surface area contributed by atoms with Crippen molar-refractivity contribution >= 4 is 23.6 Å². The zero-order valence-corrected chi connectivity index (χ0v) is 19.2. The van der Waals surface area contributed by atoms with Gasteiger partial charge in [-0.05, 0) is 25.7 Å². The molecule has 11 heteroatoms. The van der Waals surface area contributed by atoms with Crippen molar-refractivity contribution < 1.29 is 43.2 Å². The molecule has 3 N–H and O–H groups in total.